The fraction of sp³-hybridized carbons (Fsp3) is 0.158. The molecule has 0 radical (unpaired) electrons. The normalized spacial score (nSPS) is 17.6. The molecule has 2 aromatic carbocycles. The number of ether oxygens (including phenoxy) is 1. The molecule has 3 rings (SSSR count). The SMILES string of the molecule is COc1ccc(/C=C2/SC(=Nc3ccc(Cl)cc3)N(C)C2=O)cc1C. The quantitative estimate of drug-likeness (QED) is 0.720. The van der Waals surface area contributed by atoms with Crippen LogP contribution in [0.25, 0.3) is 6.08 Å². The molecule has 0 saturated carbocycles. The standard InChI is InChI=1S/C19H17ClN2O2S/c1-12-10-13(4-9-16(12)24-3)11-17-18(23)22(2)19(25-17)21-15-7-5-14(20)6-8-15/h4-11H,1-3H3/b17-11+,21-19?. The average molecular weight is 373 g/mol. The van der Waals surface area contributed by atoms with Crippen molar-refractivity contribution in [2.75, 3.05) is 14.2 Å². The van der Waals surface area contributed by atoms with Gasteiger partial charge in [-0.25, -0.2) is 4.99 Å². The molecule has 25 heavy (non-hydrogen) atoms. The van der Waals surface area contributed by atoms with Gasteiger partial charge in [0.15, 0.2) is 5.17 Å². The first-order valence-corrected chi connectivity index (χ1v) is 8.84. The fourth-order valence-electron chi connectivity index (χ4n) is 2.42. The predicted octanol–water partition coefficient (Wildman–Crippen LogP) is 4.89. The molecule has 4 nitrogen and oxygen atoms in total. The molecule has 1 fully saturated rings. The average Bonchev–Trinajstić information content (AvgIpc) is 2.85. The molecule has 0 unspecified atom stereocenters. The van der Waals surface area contributed by atoms with Crippen LogP contribution in [0.2, 0.25) is 5.02 Å². The molecule has 1 aliphatic heterocycles. The first-order chi connectivity index (χ1) is 12.0. The Bertz CT molecular complexity index is 875. The number of amidine groups is 1. The summed E-state index contributed by atoms with van der Waals surface area (Å²) >= 11 is 7.25. The van der Waals surface area contributed by atoms with Gasteiger partial charge in [-0.15, -0.1) is 0 Å². The topological polar surface area (TPSA) is 41.9 Å². The largest absolute Gasteiger partial charge is 0.496 e. The van der Waals surface area contributed by atoms with Crippen LogP contribution < -0.4 is 4.74 Å². The first-order valence-electron chi connectivity index (χ1n) is 7.64. The maximum absolute atomic E-state index is 12.5. The van der Waals surface area contributed by atoms with Crippen LogP contribution >= 0.6 is 23.4 Å². The van der Waals surface area contributed by atoms with E-state index in [0.29, 0.717) is 15.1 Å². The maximum atomic E-state index is 12.5. The van der Waals surface area contributed by atoms with E-state index in [1.807, 2.05) is 43.3 Å². The van der Waals surface area contributed by atoms with Gasteiger partial charge in [-0.3, -0.25) is 9.69 Å². The van der Waals surface area contributed by atoms with Crippen molar-refractivity contribution in [1.82, 2.24) is 4.90 Å². The van der Waals surface area contributed by atoms with Gasteiger partial charge >= 0.3 is 0 Å². The highest BCUT2D eigenvalue weighted by atomic mass is 35.5. The van der Waals surface area contributed by atoms with Crippen LogP contribution in [0.4, 0.5) is 5.69 Å². The first kappa shape index (κ1) is 17.6. The van der Waals surface area contributed by atoms with Gasteiger partial charge in [0.25, 0.3) is 5.91 Å². The summed E-state index contributed by atoms with van der Waals surface area (Å²) < 4.78 is 5.27. The van der Waals surface area contributed by atoms with Crippen molar-refractivity contribution in [2.24, 2.45) is 4.99 Å². The summed E-state index contributed by atoms with van der Waals surface area (Å²) in [6, 6.07) is 13.0. The number of thioether (sulfide) groups is 1. The molecule has 2 aromatic rings. The Kier molecular flexibility index (Phi) is 5.16. The van der Waals surface area contributed by atoms with Crippen LogP contribution in [0, 0.1) is 6.92 Å². The van der Waals surface area contributed by atoms with Gasteiger partial charge in [0.1, 0.15) is 5.75 Å². The van der Waals surface area contributed by atoms with Crippen molar-refractivity contribution in [1.29, 1.82) is 0 Å². The summed E-state index contributed by atoms with van der Waals surface area (Å²) in [4.78, 5) is 19.2. The Morgan fingerprint density at radius 2 is 1.92 bits per heavy atom. The molecule has 0 bridgehead atoms. The zero-order valence-electron chi connectivity index (χ0n) is 14.1. The van der Waals surface area contributed by atoms with Gasteiger partial charge in [-0.2, -0.15) is 0 Å². The highest BCUT2D eigenvalue weighted by Crippen LogP contribution is 2.33. The molecule has 1 saturated heterocycles. The Balaban J connectivity index is 1.88. The van der Waals surface area contributed by atoms with Gasteiger partial charge < -0.3 is 4.74 Å². The number of nitrogens with zero attached hydrogens (tertiary/aromatic N) is 2. The summed E-state index contributed by atoms with van der Waals surface area (Å²) in [6.45, 7) is 1.98. The number of likely N-dealkylation sites (N-methyl/N-ethyl adjacent to an activating group) is 1. The van der Waals surface area contributed by atoms with Gasteiger partial charge in [-0.1, -0.05) is 17.7 Å². The number of methoxy groups -OCH3 is 1. The number of amides is 1. The molecule has 0 spiro atoms. The predicted molar refractivity (Wildman–Crippen MR) is 105 cm³/mol. The Morgan fingerprint density at radius 1 is 1.20 bits per heavy atom. The molecular weight excluding hydrogens is 356 g/mol. The summed E-state index contributed by atoms with van der Waals surface area (Å²) in [5.41, 5.74) is 2.74. The smallest absolute Gasteiger partial charge is 0.266 e. The Labute approximate surface area is 156 Å². The summed E-state index contributed by atoms with van der Waals surface area (Å²) in [6.07, 6.45) is 1.88. The van der Waals surface area contributed by atoms with E-state index in [2.05, 4.69) is 4.99 Å². The number of carbonyl (C=O) groups is 1. The van der Waals surface area contributed by atoms with Crippen LogP contribution in [0.1, 0.15) is 11.1 Å². The molecule has 1 aliphatic rings. The maximum Gasteiger partial charge on any atom is 0.266 e. The lowest BCUT2D eigenvalue weighted by Gasteiger charge is -2.07. The highest BCUT2D eigenvalue weighted by molar-refractivity contribution is 8.18. The van der Waals surface area contributed by atoms with Crippen LogP contribution in [0.3, 0.4) is 0 Å². The number of aryl methyl sites for hydroxylation is 1. The van der Waals surface area contributed by atoms with Crippen molar-refractivity contribution in [3.05, 3.63) is 63.5 Å². The van der Waals surface area contributed by atoms with E-state index in [0.717, 1.165) is 22.6 Å². The number of halogens is 1. The van der Waals surface area contributed by atoms with Crippen LogP contribution in [-0.2, 0) is 4.79 Å². The molecule has 0 aliphatic carbocycles. The lowest BCUT2D eigenvalue weighted by molar-refractivity contribution is -0.121. The van der Waals surface area contributed by atoms with Crippen molar-refractivity contribution >= 4 is 46.2 Å². The Morgan fingerprint density at radius 3 is 2.56 bits per heavy atom. The van der Waals surface area contributed by atoms with Gasteiger partial charge in [0.05, 0.1) is 17.7 Å². The van der Waals surface area contributed by atoms with Crippen molar-refractivity contribution < 1.29 is 9.53 Å². The Hall–Kier alpha value is -2.24. The minimum Gasteiger partial charge on any atom is -0.496 e. The number of benzene rings is 2. The van der Waals surface area contributed by atoms with E-state index in [1.165, 1.54) is 11.8 Å². The van der Waals surface area contributed by atoms with E-state index < -0.39 is 0 Å². The second-order valence-electron chi connectivity index (χ2n) is 5.57. The van der Waals surface area contributed by atoms with Crippen molar-refractivity contribution in [2.45, 2.75) is 6.92 Å². The number of aliphatic imine (C=N–C) groups is 1. The number of hydrogen-bond donors (Lipinski definition) is 0. The van der Waals surface area contributed by atoms with Gasteiger partial charge in [-0.05, 0) is 72.3 Å². The van der Waals surface area contributed by atoms with E-state index in [4.69, 9.17) is 16.3 Å². The van der Waals surface area contributed by atoms with E-state index >= 15 is 0 Å². The second-order valence-corrected chi connectivity index (χ2v) is 7.02. The lowest BCUT2D eigenvalue weighted by Crippen LogP contribution is -2.23. The van der Waals surface area contributed by atoms with E-state index in [9.17, 15) is 4.79 Å². The fourth-order valence-corrected chi connectivity index (χ4v) is 3.53. The highest BCUT2D eigenvalue weighted by Gasteiger charge is 2.30. The van der Waals surface area contributed by atoms with E-state index in [-0.39, 0.29) is 5.91 Å². The van der Waals surface area contributed by atoms with Crippen LogP contribution in [0.5, 0.6) is 5.75 Å². The summed E-state index contributed by atoms with van der Waals surface area (Å²) in [5, 5.41) is 1.30. The zero-order chi connectivity index (χ0) is 18.0. The third-order valence-electron chi connectivity index (χ3n) is 3.77. The summed E-state index contributed by atoms with van der Waals surface area (Å²) in [7, 11) is 3.37. The molecule has 128 valence electrons. The number of hydrogen-bond acceptors (Lipinski definition) is 4. The molecule has 0 N–H and O–H groups in total. The minimum atomic E-state index is -0.0637. The molecule has 6 heteroatoms. The van der Waals surface area contributed by atoms with Gasteiger partial charge in [0.2, 0.25) is 0 Å². The molecule has 1 heterocycles. The monoisotopic (exact) mass is 372 g/mol. The van der Waals surface area contributed by atoms with E-state index in [1.54, 1.807) is 31.2 Å². The molecule has 0 atom stereocenters. The minimum absolute atomic E-state index is 0.0637. The molecule has 0 aromatic heterocycles. The van der Waals surface area contributed by atoms with Crippen LogP contribution in [0.15, 0.2) is 52.4 Å². The summed E-state index contributed by atoms with van der Waals surface area (Å²) in [5.74, 6) is 0.765. The number of carbonyl (C=O) groups excluding carboxylic acids is 1. The molecular formula is C19H17ClN2O2S. The third kappa shape index (κ3) is 3.89. The van der Waals surface area contributed by atoms with Crippen molar-refractivity contribution in [3.63, 3.8) is 0 Å². The third-order valence-corrected chi connectivity index (χ3v) is 5.08. The second kappa shape index (κ2) is 7.33. The number of rotatable bonds is 3. The van der Waals surface area contributed by atoms with Gasteiger partial charge in [0, 0.05) is 12.1 Å². The molecule has 1 amide bonds. The van der Waals surface area contributed by atoms with Crippen LogP contribution in [-0.4, -0.2) is 30.1 Å². The van der Waals surface area contributed by atoms with Crippen molar-refractivity contribution in [3.8, 4) is 5.75 Å². The zero-order valence-corrected chi connectivity index (χ0v) is 15.7. The lowest BCUT2D eigenvalue weighted by atomic mass is 10.1.